The van der Waals surface area contributed by atoms with E-state index in [1.54, 1.807) is 0 Å². The van der Waals surface area contributed by atoms with Crippen molar-refractivity contribution in [3.8, 4) is 0 Å². The molecule has 1 aromatic rings. The molecule has 0 bridgehead atoms. The first kappa shape index (κ1) is 12.5. The molecule has 1 aliphatic rings. The number of hydrogen-bond acceptors (Lipinski definition) is 3. The first-order valence-corrected chi connectivity index (χ1v) is 7.07. The van der Waals surface area contributed by atoms with Gasteiger partial charge >= 0.3 is 0 Å². The average Bonchev–Trinajstić information content (AvgIpc) is 2.76. The van der Waals surface area contributed by atoms with Crippen LogP contribution in [-0.2, 0) is 6.54 Å². The maximum Gasteiger partial charge on any atom is 0.157 e. The number of hydrogen-bond donors (Lipinski definition) is 1. The highest BCUT2D eigenvalue weighted by Crippen LogP contribution is 2.22. The van der Waals surface area contributed by atoms with Crippen LogP contribution in [0.2, 0.25) is 0 Å². The van der Waals surface area contributed by atoms with Crippen LogP contribution in [0.15, 0.2) is 23.5 Å². The molecule has 1 fully saturated rings. The van der Waals surface area contributed by atoms with Crippen LogP contribution in [0.4, 0.5) is 0 Å². The smallest absolute Gasteiger partial charge is 0.157 e. The fraction of sp³-hybridized carbons (Fsp3) is 0.667. The summed E-state index contributed by atoms with van der Waals surface area (Å²) in [5, 5.41) is 9.39. The minimum atomic E-state index is 0.552. The van der Waals surface area contributed by atoms with Gasteiger partial charge in [-0.3, -0.25) is 9.67 Å². The summed E-state index contributed by atoms with van der Waals surface area (Å²) in [7, 11) is 0. The second-order valence-electron chi connectivity index (χ2n) is 4.52. The highest BCUT2D eigenvalue weighted by atomic mass is 32.2. The van der Waals surface area contributed by atoms with Gasteiger partial charge in [0.1, 0.15) is 0 Å². The van der Waals surface area contributed by atoms with Crippen LogP contribution in [0.5, 0.6) is 0 Å². The van der Waals surface area contributed by atoms with Gasteiger partial charge in [0.2, 0.25) is 0 Å². The highest BCUT2D eigenvalue weighted by Gasteiger charge is 2.19. The minimum absolute atomic E-state index is 0.552. The molecular weight excluding hydrogens is 232 g/mol. The lowest BCUT2D eigenvalue weighted by Crippen LogP contribution is -2.38. The Morgan fingerprint density at radius 3 is 3.18 bits per heavy atom. The van der Waals surface area contributed by atoms with Crippen LogP contribution in [0.3, 0.4) is 0 Å². The van der Waals surface area contributed by atoms with E-state index in [4.69, 9.17) is 0 Å². The third-order valence-electron chi connectivity index (χ3n) is 2.73. The Balaban J connectivity index is 1.72. The third kappa shape index (κ3) is 4.07. The van der Waals surface area contributed by atoms with Gasteiger partial charge in [0, 0.05) is 36.8 Å². The van der Waals surface area contributed by atoms with Crippen molar-refractivity contribution in [1.82, 2.24) is 15.1 Å². The topological polar surface area (TPSA) is 42.2 Å². The van der Waals surface area contributed by atoms with Crippen LogP contribution < -0.4 is 5.32 Å². The second-order valence-corrected chi connectivity index (χ2v) is 5.95. The normalized spacial score (nSPS) is 27.1. The summed E-state index contributed by atoms with van der Waals surface area (Å²) in [6.45, 7) is 6.30. The van der Waals surface area contributed by atoms with Crippen molar-refractivity contribution in [2.45, 2.75) is 44.5 Å². The van der Waals surface area contributed by atoms with Crippen molar-refractivity contribution >= 4 is 16.9 Å². The number of thioether (sulfide) groups is 1. The van der Waals surface area contributed by atoms with Crippen LogP contribution in [0, 0.1) is 0 Å². The minimum Gasteiger partial charge on any atom is -0.362 e. The predicted molar refractivity (Wildman–Crippen MR) is 73.4 cm³/mol. The van der Waals surface area contributed by atoms with Gasteiger partial charge in [-0.2, -0.15) is 5.10 Å². The van der Waals surface area contributed by atoms with Crippen molar-refractivity contribution in [1.29, 1.82) is 0 Å². The number of aromatic nitrogens is 2. The summed E-state index contributed by atoms with van der Waals surface area (Å²) in [4.78, 5) is 4.61. The Labute approximate surface area is 107 Å². The van der Waals surface area contributed by atoms with E-state index in [0.717, 1.165) is 24.7 Å². The van der Waals surface area contributed by atoms with E-state index in [-0.39, 0.29) is 0 Å². The number of aryl methyl sites for hydroxylation is 1. The van der Waals surface area contributed by atoms with E-state index in [1.807, 2.05) is 34.9 Å². The first-order chi connectivity index (χ1) is 8.24. The van der Waals surface area contributed by atoms with Crippen LogP contribution in [-0.4, -0.2) is 32.8 Å². The Bertz CT molecular complexity index is 349. The van der Waals surface area contributed by atoms with Crippen molar-refractivity contribution < 1.29 is 0 Å². The van der Waals surface area contributed by atoms with E-state index in [1.165, 1.54) is 6.42 Å². The summed E-state index contributed by atoms with van der Waals surface area (Å²) in [6, 6.07) is 2.50. The molecule has 4 nitrogen and oxygen atoms in total. The Morgan fingerprint density at radius 2 is 2.47 bits per heavy atom. The van der Waals surface area contributed by atoms with E-state index in [2.05, 4.69) is 29.3 Å². The lowest BCUT2D eigenvalue weighted by atomic mass is 10.2. The Morgan fingerprint density at radius 1 is 1.59 bits per heavy atom. The molecule has 0 saturated carbocycles. The number of rotatable bonds is 4. The first-order valence-electron chi connectivity index (χ1n) is 6.19. The lowest BCUT2D eigenvalue weighted by molar-refractivity contribution is 0.579. The van der Waals surface area contributed by atoms with Gasteiger partial charge in [0.25, 0.3) is 0 Å². The van der Waals surface area contributed by atoms with Gasteiger partial charge in [-0.25, -0.2) is 0 Å². The molecule has 2 heterocycles. The molecule has 0 amide bonds. The monoisotopic (exact) mass is 252 g/mol. The molecule has 0 radical (unpaired) electrons. The zero-order valence-electron chi connectivity index (χ0n) is 10.5. The molecular formula is C12H20N4S. The van der Waals surface area contributed by atoms with E-state index >= 15 is 0 Å². The van der Waals surface area contributed by atoms with Gasteiger partial charge in [-0.15, -0.1) is 0 Å². The molecule has 2 atom stereocenters. The highest BCUT2D eigenvalue weighted by molar-refractivity contribution is 8.14. The molecule has 17 heavy (non-hydrogen) atoms. The van der Waals surface area contributed by atoms with Crippen molar-refractivity contribution in [3.63, 3.8) is 0 Å². The Kier molecular flexibility index (Phi) is 4.48. The van der Waals surface area contributed by atoms with E-state index in [9.17, 15) is 0 Å². The van der Waals surface area contributed by atoms with Crippen LogP contribution in [0.1, 0.15) is 26.7 Å². The SMILES string of the molecule is CC1CC(C)SC(=NCCCn2cccn2)N1. The molecule has 1 aromatic heterocycles. The third-order valence-corrected chi connectivity index (χ3v) is 3.79. The zero-order valence-corrected chi connectivity index (χ0v) is 11.3. The molecule has 2 unspecified atom stereocenters. The molecule has 0 spiro atoms. The summed E-state index contributed by atoms with van der Waals surface area (Å²) < 4.78 is 1.95. The summed E-state index contributed by atoms with van der Waals surface area (Å²) in [5.74, 6) is 0. The van der Waals surface area contributed by atoms with Gasteiger partial charge in [0.05, 0.1) is 0 Å². The van der Waals surface area contributed by atoms with Crippen LogP contribution >= 0.6 is 11.8 Å². The van der Waals surface area contributed by atoms with E-state index in [0.29, 0.717) is 11.3 Å². The van der Waals surface area contributed by atoms with Crippen molar-refractivity contribution in [2.75, 3.05) is 6.54 Å². The zero-order chi connectivity index (χ0) is 12.1. The number of aliphatic imine (C=N–C) groups is 1. The van der Waals surface area contributed by atoms with Gasteiger partial charge in [-0.1, -0.05) is 18.7 Å². The second kappa shape index (κ2) is 6.10. The Hall–Kier alpha value is -0.970. The molecule has 1 aliphatic heterocycles. The molecule has 1 N–H and O–H groups in total. The number of nitrogens with zero attached hydrogens (tertiary/aromatic N) is 3. The van der Waals surface area contributed by atoms with Gasteiger partial charge in [0.15, 0.2) is 5.17 Å². The molecule has 0 aliphatic carbocycles. The van der Waals surface area contributed by atoms with Crippen LogP contribution in [0.25, 0.3) is 0 Å². The summed E-state index contributed by atoms with van der Waals surface area (Å²) in [5.41, 5.74) is 0. The average molecular weight is 252 g/mol. The number of nitrogens with one attached hydrogen (secondary N) is 1. The van der Waals surface area contributed by atoms with Crippen molar-refractivity contribution in [3.05, 3.63) is 18.5 Å². The quantitative estimate of drug-likeness (QED) is 0.835. The van der Waals surface area contributed by atoms with Gasteiger partial charge < -0.3 is 5.32 Å². The fourth-order valence-electron chi connectivity index (χ4n) is 1.97. The largest absolute Gasteiger partial charge is 0.362 e. The molecule has 94 valence electrons. The molecule has 5 heteroatoms. The maximum atomic E-state index is 4.61. The van der Waals surface area contributed by atoms with Gasteiger partial charge in [-0.05, 0) is 25.8 Å². The van der Waals surface area contributed by atoms with Crippen molar-refractivity contribution in [2.24, 2.45) is 4.99 Å². The molecule has 1 saturated heterocycles. The molecule has 2 rings (SSSR count). The summed E-state index contributed by atoms with van der Waals surface area (Å²) in [6.07, 6.45) is 6.06. The summed E-state index contributed by atoms with van der Waals surface area (Å²) >= 11 is 1.85. The lowest BCUT2D eigenvalue weighted by Gasteiger charge is -2.26. The number of amidine groups is 1. The predicted octanol–water partition coefficient (Wildman–Crippen LogP) is 2.13. The molecule has 0 aromatic carbocycles. The van der Waals surface area contributed by atoms with E-state index < -0.39 is 0 Å². The standard InChI is InChI=1S/C12H20N4S/c1-10-9-11(2)17-12(15-10)13-5-3-7-16-8-4-6-14-16/h4,6,8,10-11H,3,5,7,9H2,1-2H3,(H,13,15). The maximum absolute atomic E-state index is 4.61. The fourth-order valence-corrected chi connectivity index (χ4v) is 3.17.